The molecule has 1 aliphatic heterocycles. The Bertz CT molecular complexity index is 375. The van der Waals surface area contributed by atoms with Crippen LogP contribution in [0, 0.1) is 5.92 Å². The Morgan fingerprint density at radius 1 is 1.39 bits per heavy atom. The van der Waals surface area contributed by atoms with Crippen LogP contribution in [0.3, 0.4) is 0 Å². The van der Waals surface area contributed by atoms with Gasteiger partial charge in [-0.1, -0.05) is 23.7 Å². The second-order valence-electron chi connectivity index (χ2n) is 4.39. The number of piperidine rings is 1. The van der Waals surface area contributed by atoms with Crippen molar-refractivity contribution >= 4 is 29.9 Å². The number of hydrogen-bond donors (Lipinski definition) is 2. The van der Waals surface area contributed by atoms with Gasteiger partial charge in [-0.15, -0.1) is 12.4 Å². The number of amides is 1. The van der Waals surface area contributed by atoms with E-state index in [1.165, 1.54) is 0 Å². The second-order valence-corrected chi connectivity index (χ2v) is 4.82. The van der Waals surface area contributed by atoms with Crippen LogP contribution in [0.25, 0.3) is 0 Å². The maximum Gasteiger partial charge on any atom is 0.224 e. The van der Waals surface area contributed by atoms with Gasteiger partial charge >= 0.3 is 0 Å². The third kappa shape index (κ3) is 4.48. The highest BCUT2D eigenvalue weighted by molar-refractivity contribution is 6.30. The highest BCUT2D eigenvalue weighted by atomic mass is 35.5. The summed E-state index contributed by atoms with van der Waals surface area (Å²) >= 11 is 5.80. The van der Waals surface area contributed by atoms with Crippen molar-refractivity contribution in [2.75, 3.05) is 13.1 Å². The Morgan fingerprint density at radius 3 is 2.72 bits per heavy atom. The molecule has 1 amide bonds. The zero-order valence-corrected chi connectivity index (χ0v) is 11.7. The lowest BCUT2D eigenvalue weighted by atomic mass is 9.99. The van der Waals surface area contributed by atoms with E-state index in [9.17, 15) is 4.79 Å². The van der Waals surface area contributed by atoms with E-state index in [4.69, 9.17) is 11.6 Å². The van der Waals surface area contributed by atoms with Crippen molar-refractivity contribution in [1.82, 2.24) is 10.6 Å². The van der Waals surface area contributed by atoms with Crippen LogP contribution in [0.5, 0.6) is 0 Å². The average Bonchev–Trinajstić information content (AvgIpc) is 2.39. The average molecular weight is 289 g/mol. The van der Waals surface area contributed by atoms with E-state index in [0.717, 1.165) is 36.5 Å². The molecule has 1 aromatic rings. The van der Waals surface area contributed by atoms with Crippen molar-refractivity contribution in [3.63, 3.8) is 0 Å². The molecule has 100 valence electrons. The maximum absolute atomic E-state index is 11.9. The zero-order chi connectivity index (χ0) is 12.1. The van der Waals surface area contributed by atoms with Gasteiger partial charge in [0.05, 0.1) is 5.92 Å². The van der Waals surface area contributed by atoms with Gasteiger partial charge in [0.2, 0.25) is 5.91 Å². The summed E-state index contributed by atoms with van der Waals surface area (Å²) in [6, 6.07) is 7.54. The number of hydrogen-bond acceptors (Lipinski definition) is 2. The van der Waals surface area contributed by atoms with Crippen LogP contribution < -0.4 is 10.6 Å². The van der Waals surface area contributed by atoms with Gasteiger partial charge in [-0.3, -0.25) is 4.79 Å². The Balaban J connectivity index is 0.00000162. The topological polar surface area (TPSA) is 41.1 Å². The number of benzene rings is 1. The number of nitrogens with one attached hydrogen (secondary N) is 2. The van der Waals surface area contributed by atoms with Crippen molar-refractivity contribution in [2.45, 2.75) is 19.4 Å². The number of carbonyl (C=O) groups excluding carboxylic acids is 1. The summed E-state index contributed by atoms with van der Waals surface area (Å²) in [6.07, 6.45) is 2.07. The smallest absolute Gasteiger partial charge is 0.224 e. The standard InChI is InChI=1S/C13H17ClN2O.ClH/c14-12-5-3-10(4-6-12)8-16-13(17)11-2-1-7-15-9-11;/h3-6,11,15H,1-2,7-9H2,(H,16,17);1H/t11-;/m1./s1. The quantitative estimate of drug-likeness (QED) is 0.897. The van der Waals surface area contributed by atoms with Crippen LogP contribution in [0.2, 0.25) is 5.02 Å². The number of rotatable bonds is 3. The molecule has 0 spiro atoms. The van der Waals surface area contributed by atoms with Crippen LogP contribution in [0.4, 0.5) is 0 Å². The third-order valence-electron chi connectivity index (χ3n) is 3.05. The molecule has 0 bridgehead atoms. The first-order valence-corrected chi connectivity index (χ1v) is 6.36. The predicted octanol–water partition coefficient (Wildman–Crippen LogP) is 2.38. The van der Waals surface area contributed by atoms with Gasteiger partial charge in [0.25, 0.3) is 0 Å². The van der Waals surface area contributed by atoms with Crippen LogP contribution in [0.1, 0.15) is 18.4 Å². The summed E-state index contributed by atoms with van der Waals surface area (Å²) in [5.41, 5.74) is 1.08. The first-order valence-electron chi connectivity index (χ1n) is 5.98. The molecule has 1 aromatic carbocycles. The van der Waals surface area contributed by atoms with Gasteiger partial charge in [0.1, 0.15) is 0 Å². The maximum atomic E-state index is 11.9. The monoisotopic (exact) mass is 288 g/mol. The molecule has 18 heavy (non-hydrogen) atoms. The normalized spacial score (nSPS) is 18.8. The molecule has 1 saturated heterocycles. The third-order valence-corrected chi connectivity index (χ3v) is 3.30. The molecule has 1 fully saturated rings. The van der Waals surface area contributed by atoms with Crippen LogP contribution >= 0.6 is 24.0 Å². The van der Waals surface area contributed by atoms with Crippen molar-refractivity contribution in [1.29, 1.82) is 0 Å². The number of carbonyl (C=O) groups is 1. The van der Waals surface area contributed by atoms with Gasteiger partial charge in [0, 0.05) is 18.1 Å². The fourth-order valence-electron chi connectivity index (χ4n) is 2.01. The molecular weight excluding hydrogens is 271 g/mol. The molecule has 2 N–H and O–H groups in total. The van der Waals surface area contributed by atoms with E-state index >= 15 is 0 Å². The number of halogens is 2. The lowest BCUT2D eigenvalue weighted by molar-refractivity contribution is -0.125. The van der Waals surface area contributed by atoms with E-state index < -0.39 is 0 Å². The molecule has 0 saturated carbocycles. The largest absolute Gasteiger partial charge is 0.352 e. The Hall–Kier alpha value is -0.770. The van der Waals surface area contributed by atoms with Gasteiger partial charge in [-0.25, -0.2) is 0 Å². The van der Waals surface area contributed by atoms with Gasteiger partial charge in [-0.05, 0) is 37.1 Å². The fourth-order valence-corrected chi connectivity index (χ4v) is 2.14. The van der Waals surface area contributed by atoms with Gasteiger partial charge in [0.15, 0.2) is 0 Å². The Kier molecular flexibility index (Phi) is 6.47. The molecule has 1 heterocycles. The predicted molar refractivity (Wildman–Crippen MR) is 76.1 cm³/mol. The van der Waals surface area contributed by atoms with Crippen molar-refractivity contribution in [3.8, 4) is 0 Å². The molecule has 1 aliphatic rings. The molecular formula is C13H18Cl2N2O. The zero-order valence-electron chi connectivity index (χ0n) is 10.1. The molecule has 1 atom stereocenters. The van der Waals surface area contributed by atoms with E-state index in [1.807, 2.05) is 24.3 Å². The Labute approximate surface area is 119 Å². The summed E-state index contributed by atoms with van der Waals surface area (Å²) < 4.78 is 0. The van der Waals surface area contributed by atoms with E-state index in [1.54, 1.807) is 0 Å². The minimum Gasteiger partial charge on any atom is -0.352 e. The van der Waals surface area contributed by atoms with Crippen LogP contribution in [-0.2, 0) is 11.3 Å². The molecule has 3 nitrogen and oxygen atoms in total. The lowest BCUT2D eigenvalue weighted by Gasteiger charge is -2.21. The first-order chi connectivity index (χ1) is 8.25. The van der Waals surface area contributed by atoms with E-state index in [0.29, 0.717) is 6.54 Å². The van der Waals surface area contributed by atoms with Gasteiger partial charge < -0.3 is 10.6 Å². The lowest BCUT2D eigenvalue weighted by Crippen LogP contribution is -2.40. The molecule has 2 rings (SSSR count). The Morgan fingerprint density at radius 2 is 2.11 bits per heavy atom. The van der Waals surface area contributed by atoms with Crippen molar-refractivity contribution < 1.29 is 4.79 Å². The van der Waals surface area contributed by atoms with E-state index in [-0.39, 0.29) is 24.2 Å². The molecule has 0 aromatic heterocycles. The van der Waals surface area contributed by atoms with Crippen LogP contribution in [0.15, 0.2) is 24.3 Å². The highest BCUT2D eigenvalue weighted by Crippen LogP contribution is 2.11. The molecule has 0 radical (unpaired) electrons. The summed E-state index contributed by atoms with van der Waals surface area (Å²) in [5.74, 6) is 0.267. The van der Waals surface area contributed by atoms with Gasteiger partial charge in [-0.2, -0.15) is 0 Å². The summed E-state index contributed by atoms with van der Waals surface area (Å²) in [6.45, 7) is 2.40. The SMILES string of the molecule is Cl.O=C(NCc1ccc(Cl)cc1)[C@@H]1CCCNC1. The summed E-state index contributed by atoms with van der Waals surface area (Å²) in [7, 11) is 0. The van der Waals surface area contributed by atoms with Crippen molar-refractivity contribution in [3.05, 3.63) is 34.9 Å². The summed E-state index contributed by atoms with van der Waals surface area (Å²) in [4.78, 5) is 11.9. The highest BCUT2D eigenvalue weighted by Gasteiger charge is 2.20. The molecule has 5 heteroatoms. The van der Waals surface area contributed by atoms with Crippen LogP contribution in [-0.4, -0.2) is 19.0 Å². The van der Waals surface area contributed by atoms with Crippen molar-refractivity contribution in [2.24, 2.45) is 5.92 Å². The van der Waals surface area contributed by atoms with E-state index in [2.05, 4.69) is 10.6 Å². The first kappa shape index (κ1) is 15.3. The minimum absolute atomic E-state index is 0. The molecule has 0 aliphatic carbocycles. The summed E-state index contributed by atoms with van der Waals surface area (Å²) in [5, 5.41) is 6.93. The second kappa shape index (κ2) is 7.62. The molecule has 0 unspecified atom stereocenters. The minimum atomic E-state index is 0. The fraction of sp³-hybridized carbons (Fsp3) is 0.462.